The number of likely N-dealkylation sites (N-methyl/N-ethyl adjacent to an activating group) is 1. The van der Waals surface area contributed by atoms with E-state index in [4.69, 9.17) is 0 Å². The first kappa shape index (κ1) is 22.7. The van der Waals surface area contributed by atoms with E-state index >= 15 is 0 Å². The molecule has 1 saturated heterocycles. The van der Waals surface area contributed by atoms with Gasteiger partial charge in [-0.15, -0.1) is 0 Å². The average Bonchev–Trinajstić information content (AvgIpc) is 2.73. The van der Waals surface area contributed by atoms with Crippen molar-refractivity contribution in [3.8, 4) is 0 Å². The van der Waals surface area contributed by atoms with Crippen LogP contribution in [-0.2, 0) is 0 Å². The van der Waals surface area contributed by atoms with Gasteiger partial charge in [0.1, 0.15) is 5.69 Å². The Morgan fingerprint density at radius 2 is 1.58 bits per heavy atom. The second-order valence-electron chi connectivity index (χ2n) is 8.83. The van der Waals surface area contributed by atoms with E-state index in [0.717, 1.165) is 43.0 Å². The number of anilines is 2. The van der Waals surface area contributed by atoms with E-state index in [9.17, 15) is 14.9 Å². The summed E-state index contributed by atoms with van der Waals surface area (Å²) in [6, 6.07) is 10.8. The summed E-state index contributed by atoms with van der Waals surface area (Å²) in [6.45, 7) is 11.5. The molecule has 1 N–H and O–H groups in total. The molecule has 2 aromatic rings. The number of nitrogens with zero attached hydrogens (tertiary/aromatic N) is 3. The summed E-state index contributed by atoms with van der Waals surface area (Å²) in [5.41, 5.74) is 3.76. The number of benzene rings is 2. The molecule has 31 heavy (non-hydrogen) atoms. The van der Waals surface area contributed by atoms with E-state index < -0.39 is 4.92 Å². The number of hydrogen-bond acceptors (Lipinski definition) is 5. The molecule has 0 aromatic heterocycles. The van der Waals surface area contributed by atoms with Gasteiger partial charge in [-0.05, 0) is 42.1 Å². The van der Waals surface area contributed by atoms with Crippen LogP contribution in [0, 0.1) is 10.1 Å². The summed E-state index contributed by atoms with van der Waals surface area (Å²) in [5.74, 6) is 0.147. The standard InChI is InChI=1S/C24H32N4O3/c1-16(2)19-7-6-8-20(17(3)4)23(19)25-24(29)18-9-10-21(22(15-18)28(30)31)27-13-11-26(5)12-14-27/h6-10,15-17H,11-14H2,1-5H3,(H,25,29). The van der Waals surface area contributed by atoms with Crippen LogP contribution in [0.4, 0.5) is 17.1 Å². The van der Waals surface area contributed by atoms with Crippen LogP contribution in [-0.4, -0.2) is 49.0 Å². The van der Waals surface area contributed by atoms with Gasteiger partial charge in [-0.3, -0.25) is 14.9 Å². The molecule has 166 valence electrons. The second-order valence-corrected chi connectivity index (χ2v) is 8.83. The molecule has 0 atom stereocenters. The summed E-state index contributed by atoms with van der Waals surface area (Å²) >= 11 is 0. The molecule has 1 aliphatic heterocycles. The van der Waals surface area contributed by atoms with Gasteiger partial charge < -0.3 is 15.1 Å². The fourth-order valence-corrected chi connectivity index (χ4v) is 4.01. The van der Waals surface area contributed by atoms with Gasteiger partial charge in [0, 0.05) is 43.5 Å². The highest BCUT2D eigenvalue weighted by Crippen LogP contribution is 2.34. The number of nitrogens with one attached hydrogen (secondary N) is 1. The third-order valence-corrected chi connectivity index (χ3v) is 5.89. The number of amides is 1. The predicted octanol–water partition coefficient (Wildman–Crippen LogP) is 4.85. The molecule has 0 unspecified atom stereocenters. The van der Waals surface area contributed by atoms with Crippen molar-refractivity contribution >= 4 is 23.0 Å². The van der Waals surface area contributed by atoms with Crippen molar-refractivity contribution in [2.24, 2.45) is 0 Å². The zero-order valence-corrected chi connectivity index (χ0v) is 19.0. The Kier molecular flexibility index (Phi) is 6.95. The fraction of sp³-hybridized carbons (Fsp3) is 0.458. The van der Waals surface area contributed by atoms with E-state index in [-0.39, 0.29) is 29.0 Å². The van der Waals surface area contributed by atoms with Crippen molar-refractivity contribution in [1.82, 2.24) is 4.90 Å². The Hall–Kier alpha value is -2.93. The monoisotopic (exact) mass is 424 g/mol. The van der Waals surface area contributed by atoms with E-state index in [0.29, 0.717) is 5.69 Å². The van der Waals surface area contributed by atoms with Crippen LogP contribution in [0.25, 0.3) is 0 Å². The molecule has 7 heteroatoms. The maximum Gasteiger partial charge on any atom is 0.293 e. The first-order valence-corrected chi connectivity index (χ1v) is 10.8. The molecule has 1 fully saturated rings. The van der Waals surface area contributed by atoms with Crippen molar-refractivity contribution in [2.75, 3.05) is 43.4 Å². The quantitative estimate of drug-likeness (QED) is 0.530. The second kappa shape index (κ2) is 9.47. The number of para-hydroxylation sites is 1. The van der Waals surface area contributed by atoms with Gasteiger partial charge in [0.15, 0.2) is 0 Å². The van der Waals surface area contributed by atoms with Gasteiger partial charge in [0.2, 0.25) is 0 Å². The molecular formula is C24H32N4O3. The van der Waals surface area contributed by atoms with E-state index in [1.165, 1.54) is 6.07 Å². The van der Waals surface area contributed by atoms with Crippen molar-refractivity contribution in [3.05, 3.63) is 63.2 Å². The van der Waals surface area contributed by atoms with Crippen molar-refractivity contribution in [2.45, 2.75) is 39.5 Å². The zero-order valence-electron chi connectivity index (χ0n) is 19.0. The Morgan fingerprint density at radius 3 is 2.10 bits per heavy atom. The van der Waals surface area contributed by atoms with Gasteiger partial charge in [-0.2, -0.15) is 0 Å². The summed E-state index contributed by atoms with van der Waals surface area (Å²) < 4.78 is 0. The lowest BCUT2D eigenvalue weighted by Crippen LogP contribution is -2.44. The van der Waals surface area contributed by atoms with Crippen LogP contribution in [0.15, 0.2) is 36.4 Å². The van der Waals surface area contributed by atoms with Gasteiger partial charge in [0.05, 0.1) is 4.92 Å². The molecule has 0 radical (unpaired) electrons. The smallest absolute Gasteiger partial charge is 0.293 e. The number of rotatable bonds is 6. The maximum atomic E-state index is 13.1. The number of carbonyl (C=O) groups is 1. The van der Waals surface area contributed by atoms with Crippen LogP contribution in [0.1, 0.15) is 61.0 Å². The molecule has 0 aliphatic carbocycles. The third-order valence-electron chi connectivity index (χ3n) is 5.89. The van der Waals surface area contributed by atoms with Crippen LogP contribution in [0.3, 0.4) is 0 Å². The van der Waals surface area contributed by atoms with Crippen molar-refractivity contribution in [3.63, 3.8) is 0 Å². The minimum Gasteiger partial charge on any atom is -0.363 e. The van der Waals surface area contributed by atoms with Crippen LogP contribution in [0.2, 0.25) is 0 Å². The molecule has 2 aromatic carbocycles. The topological polar surface area (TPSA) is 78.7 Å². The third kappa shape index (κ3) is 5.05. The largest absolute Gasteiger partial charge is 0.363 e. The number of carbonyl (C=O) groups excluding carboxylic acids is 1. The van der Waals surface area contributed by atoms with Crippen LogP contribution >= 0.6 is 0 Å². The summed E-state index contributed by atoms with van der Waals surface area (Å²) in [7, 11) is 2.04. The Morgan fingerprint density at radius 1 is 1.00 bits per heavy atom. The summed E-state index contributed by atoms with van der Waals surface area (Å²) in [6.07, 6.45) is 0. The van der Waals surface area contributed by atoms with Gasteiger partial charge >= 0.3 is 0 Å². The van der Waals surface area contributed by atoms with Crippen molar-refractivity contribution in [1.29, 1.82) is 0 Å². The molecule has 7 nitrogen and oxygen atoms in total. The summed E-state index contributed by atoms with van der Waals surface area (Å²) in [4.78, 5) is 28.7. The highest BCUT2D eigenvalue weighted by atomic mass is 16.6. The lowest BCUT2D eigenvalue weighted by Gasteiger charge is -2.33. The molecular weight excluding hydrogens is 392 g/mol. The van der Waals surface area contributed by atoms with Gasteiger partial charge in [-0.1, -0.05) is 45.9 Å². The number of nitro benzene ring substituents is 1. The number of nitro groups is 1. The van der Waals surface area contributed by atoms with E-state index in [1.54, 1.807) is 12.1 Å². The lowest BCUT2D eigenvalue weighted by molar-refractivity contribution is -0.384. The normalized spacial score (nSPS) is 14.9. The van der Waals surface area contributed by atoms with E-state index in [1.807, 2.05) is 30.1 Å². The molecule has 0 spiro atoms. The van der Waals surface area contributed by atoms with Crippen molar-refractivity contribution < 1.29 is 9.72 Å². The average molecular weight is 425 g/mol. The van der Waals surface area contributed by atoms with Crippen LogP contribution in [0.5, 0.6) is 0 Å². The van der Waals surface area contributed by atoms with Gasteiger partial charge in [0.25, 0.3) is 11.6 Å². The minimum absolute atomic E-state index is 0.0292. The highest BCUT2D eigenvalue weighted by Gasteiger charge is 2.25. The minimum atomic E-state index is -0.397. The lowest BCUT2D eigenvalue weighted by atomic mass is 9.92. The molecule has 1 amide bonds. The zero-order chi connectivity index (χ0) is 22.7. The highest BCUT2D eigenvalue weighted by molar-refractivity contribution is 6.06. The SMILES string of the molecule is CC(C)c1cccc(C(C)C)c1NC(=O)c1ccc(N2CCN(C)CC2)c([N+](=O)[O-])c1. The summed E-state index contributed by atoms with van der Waals surface area (Å²) in [5, 5.41) is 14.8. The Bertz CT molecular complexity index is 937. The fourth-order valence-electron chi connectivity index (χ4n) is 4.01. The molecule has 3 rings (SSSR count). The first-order valence-electron chi connectivity index (χ1n) is 10.8. The number of hydrogen-bond donors (Lipinski definition) is 1. The molecule has 0 saturated carbocycles. The molecule has 1 heterocycles. The predicted molar refractivity (Wildman–Crippen MR) is 125 cm³/mol. The number of piperazine rings is 1. The molecule has 1 aliphatic rings. The first-order chi connectivity index (χ1) is 14.7. The Labute approximate surface area is 184 Å². The Balaban J connectivity index is 1.93. The maximum absolute atomic E-state index is 13.1. The van der Waals surface area contributed by atoms with Gasteiger partial charge in [-0.25, -0.2) is 0 Å². The van der Waals surface area contributed by atoms with E-state index in [2.05, 4.69) is 37.9 Å². The molecule has 0 bridgehead atoms. The van der Waals surface area contributed by atoms with Crippen LogP contribution < -0.4 is 10.2 Å².